The molecule has 2 aromatic carbocycles. The zero-order valence-electron chi connectivity index (χ0n) is 11.6. The molecule has 2 nitrogen and oxygen atoms in total. The van der Waals surface area contributed by atoms with Crippen LogP contribution in [0, 0.1) is 5.82 Å². The van der Waals surface area contributed by atoms with E-state index in [0.29, 0.717) is 10.9 Å². The average molecular weight is 337 g/mol. The summed E-state index contributed by atoms with van der Waals surface area (Å²) >= 11 is 3.20. The molecule has 0 spiro atoms. The van der Waals surface area contributed by atoms with Gasteiger partial charge in [0, 0.05) is 25.8 Å². The van der Waals surface area contributed by atoms with Gasteiger partial charge in [-0.15, -0.1) is 0 Å². The molecule has 1 atom stereocenters. The summed E-state index contributed by atoms with van der Waals surface area (Å²) in [6.07, 6.45) is 0.681. The molecular weight excluding hydrogens is 319 g/mol. The van der Waals surface area contributed by atoms with Gasteiger partial charge in [-0.2, -0.15) is 0 Å². The van der Waals surface area contributed by atoms with Gasteiger partial charge >= 0.3 is 0 Å². The van der Waals surface area contributed by atoms with E-state index in [0.717, 1.165) is 16.8 Å². The van der Waals surface area contributed by atoms with Crippen molar-refractivity contribution >= 4 is 21.6 Å². The lowest BCUT2D eigenvalue weighted by Gasteiger charge is -2.16. The molecule has 0 amide bonds. The van der Waals surface area contributed by atoms with E-state index in [2.05, 4.69) is 28.1 Å². The summed E-state index contributed by atoms with van der Waals surface area (Å²) in [4.78, 5) is 2.05. The zero-order valence-corrected chi connectivity index (χ0v) is 13.2. The minimum absolute atomic E-state index is 0.0939. The van der Waals surface area contributed by atoms with Crippen LogP contribution in [0.3, 0.4) is 0 Å². The summed E-state index contributed by atoms with van der Waals surface area (Å²) < 4.78 is 13.7. The fourth-order valence-electron chi connectivity index (χ4n) is 2.06. The molecule has 4 heteroatoms. The minimum atomic E-state index is -0.252. The third-order valence-corrected chi connectivity index (χ3v) is 3.88. The van der Waals surface area contributed by atoms with Crippen molar-refractivity contribution < 1.29 is 4.39 Å². The molecule has 0 aliphatic carbocycles. The Hall–Kier alpha value is -1.39. The Kier molecular flexibility index (Phi) is 4.78. The lowest BCUT2D eigenvalue weighted by Crippen LogP contribution is -2.14. The Labute approximate surface area is 127 Å². The first-order chi connectivity index (χ1) is 9.47. The number of anilines is 1. The normalized spacial score (nSPS) is 12.2. The van der Waals surface area contributed by atoms with Crippen molar-refractivity contribution in [2.75, 3.05) is 19.0 Å². The first-order valence-corrected chi connectivity index (χ1v) is 7.23. The molecule has 0 aliphatic rings. The lowest BCUT2D eigenvalue weighted by atomic mass is 9.99. The number of rotatable bonds is 4. The molecule has 0 radical (unpaired) electrons. The highest BCUT2D eigenvalue weighted by molar-refractivity contribution is 9.10. The topological polar surface area (TPSA) is 29.3 Å². The quantitative estimate of drug-likeness (QED) is 0.917. The molecule has 106 valence electrons. The lowest BCUT2D eigenvalue weighted by molar-refractivity contribution is 0.618. The second-order valence-electron chi connectivity index (χ2n) is 5.05. The predicted octanol–water partition coefficient (Wildman–Crippen LogP) is 3.90. The van der Waals surface area contributed by atoms with Crippen molar-refractivity contribution in [3.8, 4) is 0 Å². The maximum Gasteiger partial charge on any atom is 0.137 e. The van der Waals surface area contributed by atoms with Gasteiger partial charge in [-0.05, 0) is 57.7 Å². The molecule has 0 saturated heterocycles. The molecule has 1 unspecified atom stereocenters. The van der Waals surface area contributed by atoms with Crippen LogP contribution in [0.1, 0.15) is 17.2 Å². The van der Waals surface area contributed by atoms with Gasteiger partial charge in [0.2, 0.25) is 0 Å². The van der Waals surface area contributed by atoms with Gasteiger partial charge in [-0.3, -0.25) is 0 Å². The Bertz CT molecular complexity index is 582. The fraction of sp³-hybridized carbons (Fsp3) is 0.250. The van der Waals surface area contributed by atoms with E-state index in [1.165, 1.54) is 6.07 Å². The van der Waals surface area contributed by atoms with Gasteiger partial charge in [0.1, 0.15) is 5.82 Å². The van der Waals surface area contributed by atoms with Crippen LogP contribution in [0.25, 0.3) is 0 Å². The first-order valence-electron chi connectivity index (χ1n) is 6.44. The van der Waals surface area contributed by atoms with E-state index in [-0.39, 0.29) is 11.9 Å². The monoisotopic (exact) mass is 336 g/mol. The van der Waals surface area contributed by atoms with Crippen LogP contribution < -0.4 is 10.6 Å². The van der Waals surface area contributed by atoms with Crippen LogP contribution in [0.4, 0.5) is 10.1 Å². The van der Waals surface area contributed by atoms with E-state index in [1.807, 2.05) is 31.1 Å². The standard InChI is InChI=1S/C16H18BrFN2/c1-20(2)13-6-4-12(5-7-13)16(19)10-11-3-8-15(18)14(17)9-11/h3-9,16H,10,19H2,1-2H3. The smallest absolute Gasteiger partial charge is 0.137 e. The molecule has 0 saturated carbocycles. The third kappa shape index (κ3) is 3.58. The summed E-state index contributed by atoms with van der Waals surface area (Å²) in [6.45, 7) is 0. The van der Waals surface area contributed by atoms with Crippen molar-refractivity contribution in [1.82, 2.24) is 0 Å². The maximum atomic E-state index is 13.2. The van der Waals surface area contributed by atoms with Gasteiger partial charge in [-0.1, -0.05) is 18.2 Å². The number of benzene rings is 2. The number of nitrogens with zero attached hydrogens (tertiary/aromatic N) is 1. The molecule has 0 fully saturated rings. The molecule has 0 heterocycles. The van der Waals surface area contributed by atoms with Crippen molar-refractivity contribution in [1.29, 1.82) is 0 Å². The molecular formula is C16H18BrFN2. The van der Waals surface area contributed by atoms with E-state index in [4.69, 9.17) is 5.73 Å². The van der Waals surface area contributed by atoms with Gasteiger partial charge < -0.3 is 10.6 Å². The maximum absolute atomic E-state index is 13.2. The second-order valence-corrected chi connectivity index (χ2v) is 5.90. The fourth-order valence-corrected chi connectivity index (χ4v) is 2.48. The molecule has 0 aliphatic heterocycles. The summed E-state index contributed by atoms with van der Waals surface area (Å²) in [5.74, 6) is -0.252. The second kappa shape index (κ2) is 6.37. The Balaban J connectivity index is 2.10. The van der Waals surface area contributed by atoms with Gasteiger partial charge in [0.15, 0.2) is 0 Å². The minimum Gasteiger partial charge on any atom is -0.378 e. The third-order valence-electron chi connectivity index (χ3n) is 3.28. The van der Waals surface area contributed by atoms with E-state index in [1.54, 1.807) is 12.1 Å². The Morgan fingerprint density at radius 3 is 2.35 bits per heavy atom. The number of halogens is 2. The van der Waals surface area contributed by atoms with Crippen LogP contribution in [0.5, 0.6) is 0 Å². The van der Waals surface area contributed by atoms with E-state index >= 15 is 0 Å². The highest BCUT2D eigenvalue weighted by Crippen LogP contribution is 2.22. The van der Waals surface area contributed by atoms with E-state index in [9.17, 15) is 4.39 Å². The molecule has 2 rings (SSSR count). The SMILES string of the molecule is CN(C)c1ccc(C(N)Cc2ccc(F)c(Br)c2)cc1. The molecule has 2 aromatic rings. The predicted molar refractivity (Wildman–Crippen MR) is 85.5 cm³/mol. The van der Waals surface area contributed by atoms with Crippen LogP contribution in [0.2, 0.25) is 0 Å². The summed E-state index contributed by atoms with van der Waals surface area (Å²) in [6, 6.07) is 13.1. The highest BCUT2D eigenvalue weighted by Gasteiger charge is 2.09. The van der Waals surface area contributed by atoms with Crippen LogP contribution >= 0.6 is 15.9 Å². The van der Waals surface area contributed by atoms with Crippen molar-refractivity contribution in [3.63, 3.8) is 0 Å². The van der Waals surface area contributed by atoms with E-state index < -0.39 is 0 Å². The number of hydrogen-bond acceptors (Lipinski definition) is 2. The molecule has 0 bridgehead atoms. The molecule has 20 heavy (non-hydrogen) atoms. The average Bonchev–Trinajstić information content (AvgIpc) is 2.43. The molecule has 2 N–H and O–H groups in total. The summed E-state index contributed by atoms with van der Waals surface area (Å²) in [7, 11) is 4.01. The van der Waals surface area contributed by atoms with Gasteiger partial charge in [-0.25, -0.2) is 4.39 Å². The van der Waals surface area contributed by atoms with Gasteiger partial charge in [0.25, 0.3) is 0 Å². The first kappa shape index (κ1) is 15.0. The molecule has 0 aromatic heterocycles. The van der Waals surface area contributed by atoms with Crippen LogP contribution in [-0.4, -0.2) is 14.1 Å². The van der Waals surface area contributed by atoms with Crippen LogP contribution in [-0.2, 0) is 6.42 Å². The number of hydrogen-bond donors (Lipinski definition) is 1. The van der Waals surface area contributed by atoms with Crippen molar-refractivity contribution in [3.05, 3.63) is 63.9 Å². The Morgan fingerprint density at radius 2 is 1.80 bits per heavy atom. The van der Waals surface area contributed by atoms with Crippen molar-refractivity contribution in [2.24, 2.45) is 5.73 Å². The number of nitrogens with two attached hydrogens (primary N) is 1. The van der Waals surface area contributed by atoms with Gasteiger partial charge in [0.05, 0.1) is 4.47 Å². The summed E-state index contributed by atoms with van der Waals surface area (Å²) in [5, 5.41) is 0. The summed E-state index contributed by atoms with van der Waals surface area (Å²) in [5.41, 5.74) is 9.46. The Morgan fingerprint density at radius 1 is 1.15 bits per heavy atom. The largest absolute Gasteiger partial charge is 0.378 e. The highest BCUT2D eigenvalue weighted by atomic mass is 79.9. The van der Waals surface area contributed by atoms with Crippen molar-refractivity contribution in [2.45, 2.75) is 12.5 Å². The zero-order chi connectivity index (χ0) is 14.7. The van der Waals surface area contributed by atoms with Crippen LogP contribution in [0.15, 0.2) is 46.9 Å².